The van der Waals surface area contributed by atoms with Crippen molar-refractivity contribution in [3.63, 3.8) is 0 Å². The van der Waals surface area contributed by atoms with Gasteiger partial charge >= 0.3 is 0 Å². The van der Waals surface area contributed by atoms with E-state index >= 15 is 0 Å². The van der Waals surface area contributed by atoms with Crippen LogP contribution in [0.4, 0.5) is 10.3 Å². The lowest BCUT2D eigenvalue weighted by Crippen LogP contribution is -2.25. The molecule has 0 N–H and O–H groups in total. The number of hydrogen-bond donors (Lipinski definition) is 0. The largest absolute Gasteiger partial charge is 0.290 e. The van der Waals surface area contributed by atoms with Crippen LogP contribution < -0.4 is 0 Å². The number of carbonyl (C=O) groups is 1. The van der Waals surface area contributed by atoms with Gasteiger partial charge in [-0.15, -0.1) is 5.10 Å². The second-order valence-corrected chi connectivity index (χ2v) is 6.52. The van der Waals surface area contributed by atoms with E-state index in [0.717, 1.165) is 23.0 Å². The van der Waals surface area contributed by atoms with Crippen molar-refractivity contribution in [3.05, 3.63) is 60.0 Å². The molecule has 7 nitrogen and oxygen atoms in total. The van der Waals surface area contributed by atoms with E-state index in [9.17, 15) is 9.18 Å². The monoisotopic (exact) mass is 374 g/mol. The van der Waals surface area contributed by atoms with E-state index in [2.05, 4.69) is 20.2 Å². The summed E-state index contributed by atoms with van der Waals surface area (Å²) in [7, 11) is 0. The first-order chi connectivity index (χ1) is 13.6. The summed E-state index contributed by atoms with van der Waals surface area (Å²) in [6, 6.07) is 11.6. The summed E-state index contributed by atoms with van der Waals surface area (Å²) in [5.41, 5.74) is 2.76. The molecule has 0 bridgehead atoms. The molecule has 0 saturated carbocycles. The summed E-state index contributed by atoms with van der Waals surface area (Å²) in [6.45, 7) is 2.87. The number of ketones is 1. The molecule has 0 saturated heterocycles. The topological polar surface area (TPSA) is 78.0 Å². The number of rotatable bonds is 3. The maximum atomic E-state index is 13.1. The minimum atomic E-state index is -0.329. The van der Waals surface area contributed by atoms with Crippen LogP contribution >= 0.6 is 0 Å². The quantitative estimate of drug-likeness (QED) is 0.552. The molecule has 2 aromatic heterocycles. The van der Waals surface area contributed by atoms with Crippen molar-refractivity contribution >= 4 is 28.3 Å². The number of halogens is 1. The van der Waals surface area contributed by atoms with Crippen molar-refractivity contribution in [3.8, 4) is 11.4 Å². The van der Waals surface area contributed by atoms with Gasteiger partial charge in [-0.2, -0.15) is 10.1 Å². The summed E-state index contributed by atoms with van der Waals surface area (Å²) in [5, 5.41) is 9.62. The molecule has 8 heteroatoms. The second kappa shape index (κ2) is 6.19. The van der Waals surface area contributed by atoms with Gasteiger partial charge in [-0.3, -0.25) is 9.48 Å². The van der Waals surface area contributed by atoms with Crippen LogP contribution in [0.5, 0.6) is 0 Å². The third-order valence-corrected chi connectivity index (χ3v) is 4.74. The normalized spacial score (nSPS) is 13.6. The molecule has 4 aromatic rings. The number of aromatic nitrogens is 5. The van der Waals surface area contributed by atoms with Crippen molar-refractivity contribution in [2.75, 3.05) is 0 Å². The number of aliphatic imine (C=N–C) groups is 1. The van der Waals surface area contributed by atoms with Gasteiger partial charge in [0.2, 0.25) is 11.7 Å². The van der Waals surface area contributed by atoms with Crippen LogP contribution in [0, 0.1) is 5.82 Å². The molecule has 0 unspecified atom stereocenters. The van der Waals surface area contributed by atoms with Crippen molar-refractivity contribution < 1.29 is 9.18 Å². The number of carbonyl (C=O) groups excluding carboxylic acids is 1. The maximum Gasteiger partial charge on any atom is 0.249 e. The molecular weight excluding hydrogens is 359 g/mol. The van der Waals surface area contributed by atoms with Gasteiger partial charge in [0, 0.05) is 23.1 Å². The van der Waals surface area contributed by atoms with E-state index in [1.54, 1.807) is 18.3 Å². The number of Topliss-reactive ketones (excluding diaryl/α,β-unsaturated/α-hetero) is 1. The highest BCUT2D eigenvalue weighted by Gasteiger charge is 2.25. The summed E-state index contributed by atoms with van der Waals surface area (Å²) >= 11 is 0. The fraction of sp³-hybridized carbons (Fsp3) is 0.150. The van der Waals surface area contributed by atoms with Crippen LogP contribution in [0.25, 0.3) is 22.3 Å². The Hall–Kier alpha value is -3.68. The molecular formula is C20H15FN6O. The molecule has 2 aromatic carbocycles. The van der Waals surface area contributed by atoms with Crippen molar-refractivity contribution in [1.29, 1.82) is 0 Å². The zero-order valence-corrected chi connectivity index (χ0v) is 15.0. The summed E-state index contributed by atoms with van der Waals surface area (Å²) in [6.07, 6.45) is 1.78. The number of hydrogen-bond acceptors (Lipinski definition) is 5. The smallest absolute Gasteiger partial charge is 0.249 e. The average molecular weight is 374 g/mol. The number of fused-ring (bicyclic) bond motifs is 2. The first-order valence-corrected chi connectivity index (χ1v) is 8.91. The molecule has 0 radical (unpaired) electrons. The van der Waals surface area contributed by atoms with E-state index in [0.29, 0.717) is 23.0 Å². The van der Waals surface area contributed by atoms with Crippen LogP contribution in [0.2, 0.25) is 0 Å². The zero-order chi connectivity index (χ0) is 19.3. The number of aryl methyl sites for hydroxylation is 1. The Morgan fingerprint density at radius 1 is 1.11 bits per heavy atom. The predicted molar refractivity (Wildman–Crippen MR) is 102 cm³/mol. The maximum absolute atomic E-state index is 13.1. The van der Waals surface area contributed by atoms with E-state index in [-0.39, 0.29) is 18.1 Å². The lowest BCUT2D eigenvalue weighted by molar-refractivity contribution is -0.113. The van der Waals surface area contributed by atoms with Crippen LogP contribution in [0.3, 0.4) is 0 Å². The Labute approximate surface area is 159 Å². The van der Waals surface area contributed by atoms with Gasteiger partial charge in [-0.25, -0.2) is 14.1 Å². The standard InChI is InChI=1S/C20H15FN6O/c1-2-26-16-8-5-13(9-14(16)10-22-26)18-17(28)11-27-20(23-18)24-19(25-27)12-3-6-15(21)7-4-12/h3-10H,2,11H2,1H3. The van der Waals surface area contributed by atoms with Crippen molar-refractivity contribution in [1.82, 2.24) is 24.5 Å². The molecule has 0 amide bonds. The first-order valence-electron chi connectivity index (χ1n) is 8.91. The third kappa shape index (κ3) is 2.61. The van der Waals surface area contributed by atoms with Crippen LogP contribution in [0.1, 0.15) is 12.5 Å². The lowest BCUT2D eigenvalue weighted by Gasteiger charge is -2.12. The molecule has 5 rings (SSSR count). The Balaban J connectivity index is 1.56. The van der Waals surface area contributed by atoms with E-state index in [4.69, 9.17) is 0 Å². The second-order valence-electron chi connectivity index (χ2n) is 6.52. The molecule has 28 heavy (non-hydrogen) atoms. The minimum absolute atomic E-state index is 0.0641. The average Bonchev–Trinajstić information content (AvgIpc) is 3.30. The van der Waals surface area contributed by atoms with Gasteiger partial charge in [-0.1, -0.05) is 6.07 Å². The molecule has 0 aliphatic carbocycles. The summed E-state index contributed by atoms with van der Waals surface area (Å²) < 4.78 is 16.5. The van der Waals surface area contributed by atoms with Gasteiger partial charge in [0.1, 0.15) is 18.1 Å². The molecule has 0 spiro atoms. The highest BCUT2D eigenvalue weighted by Crippen LogP contribution is 2.25. The van der Waals surface area contributed by atoms with Crippen LogP contribution in [-0.2, 0) is 17.9 Å². The fourth-order valence-electron chi connectivity index (χ4n) is 3.33. The van der Waals surface area contributed by atoms with E-state index in [1.807, 2.05) is 29.8 Å². The highest BCUT2D eigenvalue weighted by molar-refractivity contribution is 6.47. The van der Waals surface area contributed by atoms with Crippen molar-refractivity contribution in [2.24, 2.45) is 4.99 Å². The predicted octanol–water partition coefficient (Wildman–Crippen LogP) is 3.16. The lowest BCUT2D eigenvalue weighted by atomic mass is 10.0. The minimum Gasteiger partial charge on any atom is -0.290 e. The van der Waals surface area contributed by atoms with Crippen molar-refractivity contribution in [2.45, 2.75) is 20.0 Å². The van der Waals surface area contributed by atoms with Crippen LogP contribution in [0.15, 0.2) is 53.7 Å². The zero-order valence-electron chi connectivity index (χ0n) is 15.0. The van der Waals surface area contributed by atoms with Gasteiger partial charge in [-0.05, 0) is 43.3 Å². The van der Waals surface area contributed by atoms with E-state index in [1.165, 1.54) is 16.8 Å². The summed E-state index contributed by atoms with van der Waals surface area (Å²) in [5.74, 6) is 0.307. The molecule has 3 heterocycles. The van der Waals surface area contributed by atoms with Crippen LogP contribution in [-0.4, -0.2) is 36.0 Å². The summed E-state index contributed by atoms with van der Waals surface area (Å²) in [4.78, 5) is 21.5. The first kappa shape index (κ1) is 16.5. The van der Waals surface area contributed by atoms with Gasteiger partial charge in [0.15, 0.2) is 5.82 Å². The Morgan fingerprint density at radius 3 is 2.68 bits per heavy atom. The molecule has 1 aliphatic rings. The Bertz CT molecular complexity index is 1250. The molecule has 0 atom stereocenters. The highest BCUT2D eigenvalue weighted by atomic mass is 19.1. The SMILES string of the molecule is CCn1ncc2cc(C3=Nc4nc(-c5ccc(F)cc5)nn4CC3=O)ccc21. The van der Waals surface area contributed by atoms with Gasteiger partial charge < -0.3 is 0 Å². The fourth-order valence-corrected chi connectivity index (χ4v) is 3.33. The molecule has 1 aliphatic heterocycles. The Morgan fingerprint density at radius 2 is 1.89 bits per heavy atom. The molecule has 0 fully saturated rings. The third-order valence-electron chi connectivity index (χ3n) is 4.74. The molecule has 138 valence electrons. The number of nitrogens with zero attached hydrogens (tertiary/aromatic N) is 6. The van der Waals surface area contributed by atoms with E-state index < -0.39 is 0 Å². The van der Waals surface area contributed by atoms with Gasteiger partial charge in [0.05, 0.1) is 11.7 Å². The Kier molecular flexibility index (Phi) is 3.65. The number of benzene rings is 2. The van der Waals surface area contributed by atoms with Gasteiger partial charge in [0.25, 0.3) is 0 Å².